The highest BCUT2D eigenvalue weighted by Crippen LogP contribution is 2.40. The molecule has 26 heavy (non-hydrogen) atoms. The Morgan fingerprint density at radius 1 is 0.577 bits per heavy atom. The zero-order valence-corrected chi connectivity index (χ0v) is 18.6. The van der Waals surface area contributed by atoms with E-state index in [1.807, 2.05) is 36.4 Å². The van der Waals surface area contributed by atoms with Gasteiger partial charge in [0.2, 0.25) is 0 Å². The van der Waals surface area contributed by atoms with Gasteiger partial charge >= 0.3 is 0 Å². The Morgan fingerprint density at radius 3 is 1.27 bits per heavy atom. The second kappa shape index (κ2) is 7.64. The molecule has 2 nitrogen and oxygen atoms in total. The molecule has 130 valence electrons. The minimum absolute atomic E-state index is 0.340. The van der Waals surface area contributed by atoms with Crippen LogP contribution in [0, 0.1) is 0 Å². The average Bonchev–Trinajstić information content (AvgIpc) is 2.68. The Morgan fingerprint density at radius 2 is 0.923 bits per heavy atom. The van der Waals surface area contributed by atoms with E-state index in [4.69, 9.17) is 0 Å². The molecule has 4 aromatic carbocycles. The molecule has 0 amide bonds. The van der Waals surface area contributed by atoms with Gasteiger partial charge in [0.05, 0.1) is 0 Å². The smallest absolute Gasteiger partial charge is 0.0426 e. The summed E-state index contributed by atoms with van der Waals surface area (Å²) in [6, 6.07) is 20.3. The molecule has 0 fully saturated rings. The van der Waals surface area contributed by atoms with Crippen LogP contribution in [0.3, 0.4) is 0 Å². The molecule has 0 aromatic heterocycles. The Bertz CT molecular complexity index is 1050. The summed E-state index contributed by atoms with van der Waals surface area (Å²) in [5.41, 5.74) is 1.98. The van der Waals surface area contributed by atoms with E-state index in [-0.39, 0.29) is 17.6 Å². The molecule has 0 radical (unpaired) electrons. The maximum atomic E-state index is 10.1. The number of hydrogen-bond acceptors (Lipinski definition) is 2. The second-order valence-electron chi connectivity index (χ2n) is 5.88. The fourth-order valence-electron chi connectivity index (χ4n) is 3.38. The largest absolute Gasteiger partial charge is 0.372 e. The van der Waals surface area contributed by atoms with Crippen LogP contribution in [-0.4, -0.2) is 9.79 Å². The average molecular weight is 508 g/mol. The molecule has 6 heteroatoms. The summed E-state index contributed by atoms with van der Waals surface area (Å²) in [6.45, 7) is 0. The Kier molecular flexibility index (Phi) is 5.43. The molecule has 0 heterocycles. The molecular weight excluding hydrogens is 494 g/mol. The molecule has 0 aliphatic heterocycles. The molecule has 0 spiro atoms. The molecule has 0 bridgehead atoms. The first-order valence-electron chi connectivity index (χ1n) is 7.88. The summed E-state index contributed by atoms with van der Waals surface area (Å²) in [7, 11) is -0.680. The van der Waals surface area contributed by atoms with Gasteiger partial charge in [0, 0.05) is 48.3 Å². The van der Waals surface area contributed by atoms with Crippen molar-refractivity contribution in [1.82, 2.24) is 0 Å². The first-order chi connectivity index (χ1) is 12.7. The lowest BCUT2D eigenvalue weighted by Gasteiger charge is -2.19. The molecule has 4 rings (SSSR count). The summed E-state index contributed by atoms with van der Waals surface area (Å²) in [6.07, 6.45) is 0. The monoisotopic (exact) mass is 506 g/mol. The lowest BCUT2D eigenvalue weighted by molar-refractivity contribution is 0.654. The first-order valence-corrected chi connectivity index (χ1v) is 11.4. The third-order valence-electron chi connectivity index (χ3n) is 4.48. The van der Waals surface area contributed by atoms with E-state index < -0.39 is 0 Å². The van der Waals surface area contributed by atoms with E-state index in [9.17, 15) is 9.79 Å². The van der Waals surface area contributed by atoms with Crippen LogP contribution in [0.1, 0.15) is 0 Å². The van der Waals surface area contributed by atoms with Gasteiger partial charge in [0.25, 0.3) is 0 Å². The molecule has 4 aromatic rings. The molecule has 2 atom stereocenters. The van der Waals surface area contributed by atoms with Crippen LogP contribution in [-0.2, 0) is 0 Å². The standard InChI is InChI=1S/C20H14Br2O2P2/c21-15-9-17(25-23)19(13-7-3-1-5-11(13)15)20-14-8-4-2-6-12(14)16(22)10-18(20)26-24/h1-10,23-26H. The van der Waals surface area contributed by atoms with Crippen molar-refractivity contribution in [3.63, 3.8) is 0 Å². The van der Waals surface area contributed by atoms with Crippen molar-refractivity contribution >= 4 is 81.6 Å². The van der Waals surface area contributed by atoms with Crippen molar-refractivity contribution in [2.45, 2.75) is 0 Å². The van der Waals surface area contributed by atoms with Gasteiger partial charge in [-0.3, -0.25) is 0 Å². The maximum Gasteiger partial charge on any atom is 0.0426 e. The molecule has 0 saturated carbocycles. The van der Waals surface area contributed by atoms with Gasteiger partial charge in [-0.15, -0.1) is 0 Å². The molecular formula is C20H14Br2O2P2. The van der Waals surface area contributed by atoms with Crippen LogP contribution in [0.25, 0.3) is 32.7 Å². The number of hydrogen-bond donors (Lipinski definition) is 2. The Balaban J connectivity index is 2.24. The summed E-state index contributed by atoms with van der Waals surface area (Å²) in [5, 5.41) is 6.02. The highest BCUT2D eigenvalue weighted by atomic mass is 79.9. The molecule has 0 saturated heterocycles. The van der Waals surface area contributed by atoms with Crippen LogP contribution >= 0.6 is 49.5 Å². The van der Waals surface area contributed by atoms with Crippen LogP contribution in [0.5, 0.6) is 0 Å². The second-order valence-corrected chi connectivity index (χ2v) is 9.11. The number of benzene rings is 4. The van der Waals surface area contributed by atoms with Crippen molar-refractivity contribution in [3.8, 4) is 11.1 Å². The van der Waals surface area contributed by atoms with E-state index in [0.717, 1.165) is 52.2 Å². The fourth-order valence-corrected chi connectivity index (χ4v) is 6.11. The summed E-state index contributed by atoms with van der Waals surface area (Å²) in [4.78, 5) is 20.2. The topological polar surface area (TPSA) is 40.5 Å². The lowest BCUT2D eigenvalue weighted by Crippen LogP contribution is -2.09. The van der Waals surface area contributed by atoms with E-state index in [2.05, 4.69) is 56.1 Å². The van der Waals surface area contributed by atoms with E-state index in [1.165, 1.54) is 0 Å². The van der Waals surface area contributed by atoms with Crippen molar-refractivity contribution < 1.29 is 9.79 Å². The minimum atomic E-state index is -0.340. The van der Waals surface area contributed by atoms with Crippen LogP contribution in [0.2, 0.25) is 0 Å². The Hall–Kier alpha value is -0.860. The fraction of sp³-hybridized carbons (Fsp3) is 0. The third-order valence-corrected chi connectivity index (χ3v) is 7.06. The van der Waals surface area contributed by atoms with E-state index >= 15 is 0 Å². The summed E-state index contributed by atoms with van der Waals surface area (Å²) >= 11 is 7.26. The van der Waals surface area contributed by atoms with E-state index in [0.29, 0.717) is 0 Å². The van der Waals surface area contributed by atoms with Gasteiger partial charge in [-0.05, 0) is 33.7 Å². The van der Waals surface area contributed by atoms with Crippen LogP contribution in [0.15, 0.2) is 69.6 Å². The summed E-state index contributed by atoms with van der Waals surface area (Å²) < 4.78 is 1.92. The van der Waals surface area contributed by atoms with Crippen molar-refractivity contribution in [2.75, 3.05) is 0 Å². The maximum absolute atomic E-state index is 10.1. The number of rotatable bonds is 3. The van der Waals surface area contributed by atoms with Gasteiger partial charge in [0.1, 0.15) is 0 Å². The Labute approximate surface area is 171 Å². The van der Waals surface area contributed by atoms with Gasteiger partial charge < -0.3 is 9.79 Å². The van der Waals surface area contributed by atoms with Gasteiger partial charge in [0.15, 0.2) is 0 Å². The number of fused-ring (bicyclic) bond motifs is 2. The highest BCUT2D eigenvalue weighted by molar-refractivity contribution is 9.11. The molecule has 2 unspecified atom stereocenters. The predicted octanol–water partition coefficient (Wildman–Crippen LogP) is 5.61. The van der Waals surface area contributed by atoms with Crippen LogP contribution in [0.4, 0.5) is 0 Å². The third kappa shape index (κ3) is 3.03. The SMILES string of the molecule is OPc1cc(Br)c2ccccc2c1-c1c(PO)cc(Br)c2ccccc12. The first kappa shape index (κ1) is 18.5. The number of halogens is 2. The van der Waals surface area contributed by atoms with Gasteiger partial charge in [-0.1, -0.05) is 80.4 Å². The normalized spacial score (nSPS) is 12.3. The molecule has 0 aliphatic carbocycles. The van der Waals surface area contributed by atoms with Gasteiger partial charge in [-0.2, -0.15) is 0 Å². The van der Waals surface area contributed by atoms with Crippen molar-refractivity contribution in [3.05, 3.63) is 69.6 Å². The minimum Gasteiger partial charge on any atom is -0.372 e. The van der Waals surface area contributed by atoms with Crippen LogP contribution < -0.4 is 10.6 Å². The van der Waals surface area contributed by atoms with E-state index in [1.54, 1.807) is 0 Å². The van der Waals surface area contributed by atoms with Gasteiger partial charge in [-0.25, -0.2) is 0 Å². The predicted molar refractivity (Wildman–Crippen MR) is 123 cm³/mol. The zero-order chi connectivity index (χ0) is 18.3. The molecule has 0 aliphatic rings. The highest BCUT2D eigenvalue weighted by Gasteiger charge is 2.19. The van der Waals surface area contributed by atoms with Crippen molar-refractivity contribution in [1.29, 1.82) is 0 Å². The zero-order valence-electron chi connectivity index (χ0n) is 13.4. The lowest BCUT2D eigenvalue weighted by atomic mass is 9.93. The quantitative estimate of drug-likeness (QED) is 0.354. The summed E-state index contributed by atoms with van der Waals surface area (Å²) in [5.74, 6) is 0. The van der Waals surface area contributed by atoms with Crippen molar-refractivity contribution in [2.24, 2.45) is 0 Å². The molecule has 2 N–H and O–H groups in total.